The van der Waals surface area contributed by atoms with Crippen molar-refractivity contribution >= 4 is 0 Å². The van der Waals surface area contributed by atoms with Gasteiger partial charge in [-0.3, -0.25) is 0 Å². The molecule has 0 aliphatic carbocycles. The van der Waals surface area contributed by atoms with E-state index in [-0.39, 0.29) is 11.9 Å². The van der Waals surface area contributed by atoms with Gasteiger partial charge in [-0.2, -0.15) is 0 Å². The summed E-state index contributed by atoms with van der Waals surface area (Å²) < 4.78 is 12.8. The van der Waals surface area contributed by atoms with Crippen molar-refractivity contribution in [2.45, 2.75) is 32.7 Å². The predicted octanol–water partition coefficient (Wildman–Crippen LogP) is 3.28. The van der Waals surface area contributed by atoms with Crippen LogP contribution in [0.25, 0.3) is 0 Å². The van der Waals surface area contributed by atoms with Crippen molar-refractivity contribution in [3.8, 4) is 11.8 Å². The van der Waals surface area contributed by atoms with Gasteiger partial charge >= 0.3 is 0 Å². The van der Waals surface area contributed by atoms with E-state index in [9.17, 15) is 4.39 Å². The molecule has 1 aromatic rings. The van der Waals surface area contributed by atoms with Gasteiger partial charge in [-0.1, -0.05) is 19.1 Å². The average Bonchev–Trinajstić information content (AvgIpc) is 2.31. The van der Waals surface area contributed by atoms with Crippen LogP contribution in [0, 0.1) is 17.7 Å². The molecule has 1 aromatic carbocycles. The van der Waals surface area contributed by atoms with Gasteiger partial charge in [0.1, 0.15) is 5.82 Å². The molecule has 0 aromatic heterocycles. The summed E-state index contributed by atoms with van der Waals surface area (Å²) in [6.45, 7) is 4.91. The number of rotatable bonds is 5. The molecule has 0 amide bonds. The van der Waals surface area contributed by atoms with Crippen LogP contribution in [0.3, 0.4) is 0 Å². The van der Waals surface area contributed by atoms with E-state index < -0.39 is 0 Å². The van der Waals surface area contributed by atoms with E-state index >= 15 is 0 Å². The first-order chi connectivity index (χ1) is 7.77. The molecule has 1 nitrogen and oxygen atoms in total. The number of nitrogens with one attached hydrogen (secondary N) is 1. The number of halogens is 1. The Balaban J connectivity index is 2.72. The minimum Gasteiger partial charge on any atom is -0.309 e. The minimum atomic E-state index is -0.195. The second kappa shape index (κ2) is 7.03. The summed E-state index contributed by atoms with van der Waals surface area (Å²) in [5, 5.41) is 3.42. The smallest absolute Gasteiger partial charge is 0.123 e. The molecular weight excluding hydrogens is 201 g/mol. The highest BCUT2D eigenvalue weighted by atomic mass is 19.1. The fourth-order valence-electron chi connectivity index (χ4n) is 1.53. The zero-order valence-electron chi connectivity index (χ0n) is 9.89. The Hall–Kier alpha value is -1.33. The molecule has 1 atom stereocenters. The van der Waals surface area contributed by atoms with E-state index in [0.717, 1.165) is 24.9 Å². The Morgan fingerprint density at radius 3 is 2.56 bits per heavy atom. The van der Waals surface area contributed by atoms with Gasteiger partial charge in [-0.05, 0) is 37.6 Å². The maximum Gasteiger partial charge on any atom is 0.123 e. The molecule has 16 heavy (non-hydrogen) atoms. The van der Waals surface area contributed by atoms with Crippen LogP contribution in [-0.2, 0) is 0 Å². The van der Waals surface area contributed by atoms with E-state index in [1.807, 2.05) is 19.1 Å². The zero-order chi connectivity index (χ0) is 11.8. The summed E-state index contributed by atoms with van der Waals surface area (Å²) in [4.78, 5) is 0. The normalized spacial score (nSPS) is 11.7. The third-order valence-corrected chi connectivity index (χ3v) is 2.40. The van der Waals surface area contributed by atoms with Crippen LogP contribution in [0.15, 0.2) is 24.3 Å². The fourth-order valence-corrected chi connectivity index (χ4v) is 1.53. The maximum absolute atomic E-state index is 12.8. The highest BCUT2D eigenvalue weighted by Gasteiger charge is 2.08. The minimum absolute atomic E-state index is 0.195. The fraction of sp³-hybridized carbons (Fsp3) is 0.429. The first-order valence-electron chi connectivity index (χ1n) is 5.66. The molecule has 0 aliphatic heterocycles. The Bertz CT molecular complexity index is 359. The Morgan fingerprint density at radius 1 is 1.31 bits per heavy atom. The van der Waals surface area contributed by atoms with Crippen molar-refractivity contribution in [1.82, 2.24) is 5.32 Å². The van der Waals surface area contributed by atoms with E-state index in [2.05, 4.69) is 24.1 Å². The average molecular weight is 219 g/mol. The van der Waals surface area contributed by atoms with Crippen molar-refractivity contribution in [2.75, 3.05) is 6.54 Å². The van der Waals surface area contributed by atoms with Crippen LogP contribution in [0.2, 0.25) is 0 Å². The van der Waals surface area contributed by atoms with Gasteiger partial charge in [0.2, 0.25) is 0 Å². The van der Waals surface area contributed by atoms with Crippen molar-refractivity contribution in [3.63, 3.8) is 0 Å². The lowest BCUT2D eigenvalue weighted by Gasteiger charge is -2.16. The van der Waals surface area contributed by atoms with Crippen LogP contribution < -0.4 is 5.32 Å². The van der Waals surface area contributed by atoms with Crippen LogP contribution >= 0.6 is 0 Å². The second-order valence-corrected chi connectivity index (χ2v) is 3.69. The van der Waals surface area contributed by atoms with E-state index in [1.165, 1.54) is 12.1 Å². The molecule has 1 unspecified atom stereocenters. The van der Waals surface area contributed by atoms with Crippen molar-refractivity contribution < 1.29 is 4.39 Å². The Morgan fingerprint density at radius 2 is 2.00 bits per heavy atom. The number of hydrogen-bond acceptors (Lipinski definition) is 1. The molecule has 0 bridgehead atoms. The van der Waals surface area contributed by atoms with Crippen LogP contribution in [0.1, 0.15) is 38.3 Å². The lowest BCUT2D eigenvalue weighted by Crippen LogP contribution is -2.21. The monoisotopic (exact) mass is 219 g/mol. The van der Waals surface area contributed by atoms with Gasteiger partial charge in [0.15, 0.2) is 0 Å². The Kier molecular flexibility index (Phi) is 5.60. The SMILES string of the molecule is CC#CCC(NCCC)c1ccc(F)cc1. The van der Waals surface area contributed by atoms with Crippen LogP contribution in [0.5, 0.6) is 0 Å². The maximum atomic E-state index is 12.8. The van der Waals surface area contributed by atoms with Crippen molar-refractivity contribution in [2.24, 2.45) is 0 Å². The highest BCUT2D eigenvalue weighted by Crippen LogP contribution is 2.16. The predicted molar refractivity (Wildman–Crippen MR) is 65.5 cm³/mol. The van der Waals surface area contributed by atoms with Gasteiger partial charge in [0.25, 0.3) is 0 Å². The zero-order valence-corrected chi connectivity index (χ0v) is 9.89. The molecule has 0 aliphatic rings. The van der Waals surface area contributed by atoms with Crippen LogP contribution in [-0.4, -0.2) is 6.54 Å². The third kappa shape index (κ3) is 4.04. The van der Waals surface area contributed by atoms with Gasteiger partial charge in [0, 0.05) is 12.5 Å². The van der Waals surface area contributed by atoms with E-state index in [0.29, 0.717) is 0 Å². The number of benzene rings is 1. The van der Waals surface area contributed by atoms with Crippen molar-refractivity contribution in [3.05, 3.63) is 35.6 Å². The summed E-state index contributed by atoms with van der Waals surface area (Å²) in [6.07, 6.45) is 1.85. The molecule has 1 N–H and O–H groups in total. The third-order valence-electron chi connectivity index (χ3n) is 2.40. The summed E-state index contributed by atoms with van der Waals surface area (Å²) in [7, 11) is 0. The van der Waals surface area contributed by atoms with E-state index in [4.69, 9.17) is 0 Å². The first-order valence-corrected chi connectivity index (χ1v) is 5.66. The lowest BCUT2D eigenvalue weighted by molar-refractivity contribution is 0.540. The van der Waals surface area contributed by atoms with Gasteiger partial charge in [-0.25, -0.2) is 4.39 Å². The highest BCUT2D eigenvalue weighted by molar-refractivity contribution is 5.21. The van der Waals surface area contributed by atoms with Gasteiger partial charge in [-0.15, -0.1) is 11.8 Å². The molecular formula is C14H18FN. The molecule has 0 spiro atoms. The first kappa shape index (κ1) is 12.7. The molecule has 0 radical (unpaired) electrons. The molecule has 86 valence electrons. The van der Waals surface area contributed by atoms with Crippen LogP contribution in [0.4, 0.5) is 4.39 Å². The summed E-state index contributed by atoms with van der Waals surface area (Å²) in [6, 6.07) is 6.83. The molecule has 1 rings (SSSR count). The number of hydrogen-bond donors (Lipinski definition) is 1. The lowest BCUT2D eigenvalue weighted by atomic mass is 10.0. The Labute approximate surface area is 97.1 Å². The quantitative estimate of drug-likeness (QED) is 0.749. The molecule has 0 heterocycles. The summed E-state index contributed by atoms with van der Waals surface area (Å²) in [5.41, 5.74) is 1.10. The molecule has 0 saturated carbocycles. The van der Waals surface area contributed by atoms with Gasteiger partial charge < -0.3 is 5.32 Å². The summed E-state index contributed by atoms with van der Waals surface area (Å²) >= 11 is 0. The van der Waals surface area contributed by atoms with E-state index in [1.54, 1.807) is 0 Å². The molecule has 2 heteroatoms. The van der Waals surface area contributed by atoms with Crippen molar-refractivity contribution in [1.29, 1.82) is 0 Å². The topological polar surface area (TPSA) is 12.0 Å². The van der Waals surface area contributed by atoms with Gasteiger partial charge in [0.05, 0.1) is 0 Å². The largest absolute Gasteiger partial charge is 0.309 e. The standard InChI is InChI=1S/C14H18FN/c1-3-5-6-14(16-11-4-2)12-7-9-13(15)10-8-12/h7-10,14,16H,4,6,11H2,1-2H3. The molecule has 0 fully saturated rings. The molecule has 0 saturated heterocycles. The summed E-state index contributed by atoms with van der Waals surface area (Å²) in [5.74, 6) is 5.76. The second-order valence-electron chi connectivity index (χ2n) is 3.69.